The van der Waals surface area contributed by atoms with Crippen LogP contribution < -0.4 is 5.73 Å². The van der Waals surface area contributed by atoms with Crippen LogP contribution in [0.15, 0.2) is 0 Å². The minimum absolute atomic E-state index is 0.318. The van der Waals surface area contributed by atoms with E-state index in [0.29, 0.717) is 25.7 Å². The highest BCUT2D eigenvalue weighted by molar-refractivity contribution is 5.79. The molecule has 0 saturated heterocycles. The summed E-state index contributed by atoms with van der Waals surface area (Å²) in [5.74, 6) is 0.525. The van der Waals surface area contributed by atoms with Crippen molar-refractivity contribution in [3.63, 3.8) is 0 Å². The highest BCUT2D eigenvalue weighted by Gasteiger charge is 2.29. The van der Waals surface area contributed by atoms with Gasteiger partial charge in [0.15, 0.2) is 0 Å². The van der Waals surface area contributed by atoms with Gasteiger partial charge < -0.3 is 15.2 Å². The molecule has 1 fully saturated rings. The van der Waals surface area contributed by atoms with Crippen molar-refractivity contribution in [2.75, 3.05) is 13.2 Å². The van der Waals surface area contributed by atoms with Gasteiger partial charge in [-0.15, -0.1) is 0 Å². The van der Waals surface area contributed by atoms with Crippen molar-refractivity contribution in [3.8, 4) is 0 Å². The molecule has 0 amide bonds. The predicted octanol–water partition coefficient (Wildman–Crippen LogP) is 2.64. The Hall–Kier alpha value is -0.610. The number of nitrogens with two attached hydrogens (primary N) is 1. The Bertz CT molecular complexity index is 271. The van der Waals surface area contributed by atoms with E-state index < -0.39 is 5.54 Å². The maximum absolute atomic E-state index is 11.6. The molecule has 2 N–H and O–H groups in total. The van der Waals surface area contributed by atoms with Crippen molar-refractivity contribution in [1.82, 2.24) is 0 Å². The van der Waals surface area contributed by atoms with Gasteiger partial charge >= 0.3 is 5.97 Å². The highest BCUT2D eigenvalue weighted by Crippen LogP contribution is 2.25. The summed E-state index contributed by atoms with van der Waals surface area (Å²) in [5, 5.41) is 0. The molecule has 0 aromatic rings. The van der Waals surface area contributed by atoms with Crippen molar-refractivity contribution in [2.45, 2.75) is 70.9 Å². The van der Waals surface area contributed by atoms with Crippen LogP contribution >= 0.6 is 0 Å². The summed E-state index contributed by atoms with van der Waals surface area (Å²) in [6.07, 6.45) is 6.68. The van der Waals surface area contributed by atoms with E-state index >= 15 is 0 Å². The summed E-state index contributed by atoms with van der Waals surface area (Å²) in [6, 6.07) is 0. The lowest BCUT2D eigenvalue weighted by atomic mass is 9.89. The zero-order valence-corrected chi connectivity index (χ0v) is 12.6. The van der Waals surface area contributed by atoms with E-state index in [4.69, 9.17) is 15.2 Å². The smallest absolute Gasteiger partial charge is 0.325 e. The Morgan fingerprint density at radius 3 is 2.53 bits per heavy atom. The zero-order valence-electron chi connectivity index (χ0n) is 12.6. The molecular formula is C15H29NO3. The number of rotatable bonds is 7. The first-order chi connectivity index (χ1) is 8.95. The van der Waals surface area contributed by atoms with E-state index in [1.807, 2.05) is 0 Å². The molecule has 1 rings (SSSR count). The molecule has 19 heavy (non-hydrogen) atoms. The number of hydrogen-bond donors (Lipinski definition) is 1. The summed E-state index contributed by atoms with van der Waals surface area (Å²) >= 11 is 0. The number of esters is 1. The van der Waals surface area contributed by atoms with Gasteiger partial charge in [-0.2, -0.15) is 0 Å². The Morgan fingerprint density at radius 2 is 1.95 bits per heavy atom. The molecule has 0 heterocycles. The summed E-state index contributed by atoms with van der Waals surface area (Å²) in [4.78, 5) is 11.6. The number of ether oxygens (including phenoxy) is 2. The van der Waals surface area contributed by atoms with E-state index in [-0.39, 0.29) is 5.97 Å². The lowest BCUT2D eigenvalue weighted by Crippen LogP contribution is -2.46. The third kappa shape index (κ3) is 5.91. The lowest BCUT2D eigenvalue weighted by Gasteiger charge is -2.27. The van der Waals surface area contributed by atoms with Gasteiger partial charge in [0.05, 0.1) is 12.7 Å². The van der Waals surface area contributed by atoms with Crippen molar-refractivity contribution < 1.29 is 14.3 Å². The summed E-state index contributed by atoms with van der Waals surface area (Å²) in [7, 11) is 0. The van der Waals surface area contributed by atoms with Crippen LogP contribution in [0.5, 0.6) is 0 Å². The number of carbonyl (C=O) groups excluding carboxylic acids is 1. The monoisotopic (exact) mass is 271 g/mol. The Morgan fingerprint density at radius 1 is 1.32 bits per heavy atom. The fourth-order valence-electron chi connectivity index (χ4n) is 2.48. The van der Waals surface area contributed by atoms with Crippen LogP contribution in [0.2, 0.25) is 0 Å². The van der Waals surface area contributed by atoms with Gasteiger partial charge in [-0.3, -0.25) is 4.79 Å². The number of carbonyl (C=O) groups is 1. The molecule has 1 aliphatic carbocycles. The first-order valence-corrected chi connectivity index (χ1v) is 7.53. The standard InChI is InChI=1S/C15H29NO3/c1-4-18-14(17)15(3,16)10-5-11-19-13-8-6-12(2)7-9-13/h12-13H,4-11,16H2,1-3H3. The van der Waals surface area contributed by atoms with Gasteiger partial charge in [0.25, 0.3) is 0 Å². The second-order valence-corrected chi connectivity index (χ2v) is 5.99. The maximum Gasteiger partial charge on any atom is 0.325 e. The molecule has 1 saturated carbocycles. The molecule has 1 aliphatic rings. The van der Waals surface area contributed by atoms with Crippen LogP contribution in [0.1, 0.15) is 59.3 Å². The summed E-state index contributed by atoms with van der Waals surface area (Å²) in [6.45, 7) is 6.89. The first kappa shape index (κ1) is 16.4. The van der Waals surface area contributed by atoms with E-state index in [0.717, 1.165) is 12.3 Å². The van der Waals surface area contributed by atoms with Gasteiger partial charge in [0.1, 0.15) is 5.54 Å². The van der Waals surface area contributed by atoms with Gasteiger partial charge in [-0.1, -0.05) is 6.92 Å². The van der Waals surface area contributed by atoms with Gasteiger partial charge in [-0.05, 0) is 58.3 Å². The molecule has 0 aromatic heterocycles. The Balaban J connectivity index is 2.14. The quantitative estimate of drug-likeness (QED) is 0.571. The number of hydrogen-bond acceptors (Lipinski definition) is 4. The second-order valence-electron chi connectivity index (χ2n) is 5.99. The fraction of sp³-hybridized carbons (Fsp3) is 0.933. The van der Waals surface area contributed by atoms with Crippen molar-refractivity contribution in [1.29, 1.82) is 0 Å². The molecule has 0 aromatic carbocycles. The predicted molar refractivity (Wildman–Crippen MR) is 75.8 cm³/mol. The molecule has 1 unspecified atom stereocenters. The van der Waals surface area contributed by atoms with Crippen LogP contribution in [-0.2, 0) is 14.3 Å². The largest absolute Gasteiger partial charge is 0.465 e. The Labute approximate surface area is 117 Å². The average molecular weight is 271 g/mol. The molecule has 1 atom stereocenters. The van der Waals surface area contributed by atoms with Gasteiger partial charge in [0.2, 0.25) is 0 Å². The van der Waals surface area contributed by atoms with E-state index in [2.05, 4.69) is 6.92 Å². The second kappa shape index (κ2) is 7.85. The third-order valence-corrected chi connectivity index (χ3v) is 3.90. The summed E-state index contributed by atoms with van der Waals surface area (Å²) < 4.78 is 10.8. The average Bonchev–Trinajstić information content (AvgIpc) is 2.37. The van der Waals surface area contributed by atoms with Crippen molar-refractivity contribution in [2.24, 2.45) is 11.7 Å². The van der Waals surface area contributed by atoms with Crippen molar-refractivity contribution >= 4 is 5.97 Å². The van der Waals surface area contributed by atoms with Gasteiger partial charge in [-0.25, -0.2) is 0 Å². The summed E-state index contributed by atoms with van der Waals surface area (Å²) in [5.41, 5.74) is 5.07. The maximum atomic E-state index is 11.6. The molecular weight excluding hydrogens is 242 g/mol. The van der Waals surface area contributed by atoms with Crippen LogP contribution in [0.3, 0.4) is 0 Å². The fourth-order valence-corrected chi connectivity index (χ4v) is 2.48. The molecule has 4 nitrogen and oxygen atoms in total. The SMILES string of the molecule is CCOC(=O)C(C)(N)CCCOC1CCC(C)CC1. The lowest BCUT2D eigenvalue weighted by molar-refractivity contribution is -0.149. The first-order valence-electron chi connectivity index (χ1n) is 7.53. The highest BCUT2D eigenvalue weighted by atomic mass is 16.5. The third-order valence-electron chi connectivity index (χ3n) is 3.90. The van der Waals surface area contributed by atoms with Crippen LogP contribution in [-0.4, -0.2) is 30.8 Å². The minimum Gasteiger partial charge on any atom is -0.465 e. The molecule has 0 radical (unpaired) electrons. The molecule has 0 bridgehead atoms. The van der Waals surface area contributed by atoms with E-state index in [1.54, 1.807) is 13.8 Å². The van der Waals surface area contributed by atoms with E-state index in [9.17, 15) is 4.79 Å². The van der Waals surface area contributed by atoms with Gasteiger partial charge in [0, 0.05) is 6.61 Å². The normalized spacial score (nSPS) is 26.7. The van der Waals surface area contributed by atoms with Crippen molar-refractivity contribution in [3.05, 3.63) is 0 Å². The van der Waals surface area contributed by atoms with Crippen LogP contribution in [0.25, 0.3) is 0 Å². The molecule has 4 heteroatoms. The molecule has 0 aliphatic heterocycles. The molecule has 112 valence electrons. The molecule has 0 spiro atoms. The van der Waals surface area contributed by atoms with E-state index in [1.165, 1.54) is 25.7 Å². The zero-order chi connectivity index (χ0) is 14.3. The topological polar surface area (TPSA) is 61.5 Å². The van der Waals surface area contributed by atoms with Crippen LogP contribution in [0, 0.1) is 5.92 Å². The van der Waals surface area contributed by atoms with Crippen LogP contribution in [0.4, 0.5) is 0 Å². The Kier molecular flexibility index (Phi) is 6.80. The minimum atomic E-state index is -0.888.